The lowest BCUT2D eigenvalue weighted by Gasteiger charge is -2.05. The van der Waals surface area contributed by atoms with E-state index in [4.69, 9.17) is 0 Å². The van der Waals surface area contributed by atoms with Crippen molar-refractivity contribution < 1.29 is 0 Å². The molecule has 0 aliphatic carbocycles. The molecule has 0 atom stereocenters. The number of para-hydroxylation sites is 2. The van der Waals surface area contributed by atoms with E-state index >= 15 is 0 Å². The number of aromatic nitrogens is 2. The van der Waals surface area contributed by atoms with E-state index in [1.54, 1.807) is 0 Å². The minimum atomic E-state index is 0.874. The second kappa shape index (κ2) is 7.21. The number of hydrogen-bond donors (Lipinski definition) is 1. The van der Waals surface area contributed by atoms with Crippen molar-refractivity contribution in [3.05, 3.63) is 30.5 Å². The fourth-order valence-corrected chi connectivity index (χ4v) is 2.30. The molecule has 0 aliphatic heterocycles. The molecule has 0 spiro atoms. The Bertz CT molecular complexity index is 487. The average molecular weight is 261 g/mol. The zero-order valence-electron chi connectivity index (χ0n) is 10.7. The Kier molecular flexibility index (Phi) is 5.27. The van der Waals surface area contributed by atoms with Gasteiger partial charge in [0.05, 0.1) is 17.2 Å². The molecule has 0 amide bonds. The summed E-state index contributed by atoms with van der Waals surface area (Å²) in [6, 6.07) is 7.94. The second-order valence-corrected chi connectivity index (χ2v) is 5.21. The van der Waals surface area contributed by atoms with Crippen LogP contribution < -0.4 is 5.32 Å². The number of nitrogens with one attached hydrogen (secondary N) is 1. The third-order valence-electron chi connectivity index (χ3n) is 2.78. The van der Waals surface area contributed by atoms with Crippen LogP contribution in [0.2, 0.25) is 0 Å². The molecule has 2 aromatic rings. The third kappa shape index (κ3) is 3.88. The molecule has 1 aromatic carbocycles. The summed E-state index contributed by atoms with van der Waals surface area (Å²) in [4.78, 5) is 8.91. The summed E-state index contributed by atoms with van der Waals surface area (Å²) < 4.78 is 0. The Labute approximate surface area is 112 Å². The lowest BCUT2D eigenvalue weighted by Crippen LogP contribution is -2.04. The normalized spacial score (nSPS) is 10.7. The largest absolute Gasteiger partial charge is 0.369 e. The molecule has 0 unspecified atom stereocenters. The number of unbranched alkanes of at least 4 members (excludes halogenated alkanes) is 2. The molecule has 1 aromatic heterocycles. The van der Waals surface area contributed by atoms with Crippen molar-refractivity contribution in [2.45, 2.75) is 19.3 Å². The zero-order valence-corrected chi connectivity index (χ0v) is 11.5. The molecule has 2 rings (SSSR count). The van der Waals surface area contributed by atoms with Gasteiger partial charge in [0.2, 0.25) is 0 Å². The minimum Gasteiger partial charge on any atom is -0.369 e. The van der Waals surface area contributed by atoms with E-state index in [1.165, 1.54) is 25.0 Å². The lowest BCUT2D eigenvalue weighted by atomic mass is 10.2. The predicted molar refractivity (Wildman–Crippen MR) is 80.3 cm³/mol. The first-order valence-corrected chi connectivity index (χ1v) is 7.74. The number of rotatable bonds is 7. The predicted octanol–water partition coefficient (Wildman–Crippen LogP) is 3.58. The van der Waals surface area contributed by atoms with Gasteiger partial charge in [0.25, 0.3) is 0 Å². The maximum absolute atomic E-state index is 4.53. The van der Waals surface area contributed by atoms with Crippen LogP contribution in [0.4, 0.5) is 5.82 Å². The van der Waals surface area contributed by atoms with E-state index in [-0.39, 0.29) is 0 Å². The summed E-state index contributed by atoms with van der Waals surface area (Å²) in [6.45, 7) is 0.974. The number of nitrogens with zero attached hydrogens (tertiary/aromatic N) is 2. The fraction of sp³-hybridized carbons (Fsp3) is 0.429. The third-order valence-corrected chi connectivity index (χ3v) is 3.48. The highest BCUT2D eigenvalue weighted by molar-refractivity contribution is 7.98. The number of fused-ring (bicyclic) bond motifs is 1. The van der Waals surface area contributed by atoms with Gasteiger partial charge < -0.3 is 5.32 Å². The van der Waals surface area contributed by atoms with Crippen LogP contribution in [0.3, 0.4) is 0 Å². The average Bonchev–Trinajstić information content (AvgIpc) is 2.42. The first-order chi connectivity index (χ1) is 8.90. The first-order valence-electron chi connectivity index (χ1n) is 6.35. The van der Waals surface area contributed by atoms with Crippen molar-refractivity contribution in [2.24, 2.45) is 0 Å². The second-order valence-electron chi connectivity index (χ2n) is 4.22. The molecule has 0 radical (unpaired) electrons. The zero-order chi connectivity index (χ0) is 12.6. The summed E-state index contributed by atoms with van der Waals surface area (Å²) in [5, 5.41) is 3.33. The highest BCUT2D eigenvalue weighted by Crippen LogP contribution is 2.11. The molecule has 0 saturated carbocycles. The van der Waals surface area contributed by atoms with Gasteiger partial charge >= 0.3 is 0 Å². The van der Waals surface area contributed by atoms with E-state index in [0.29, 0.717) is 0 Å². The van der Waals surface area contributed by atoms with Crippen molar-refractivity contribution in [1.82, 2.24) is 9.97 Å². The maximum atomic E-state index is 4.53. The molecule has 1 N–H and O–H groups in total. The van der Waals surface area contributed by atoms with Crippen molar-refractivity contribution in [2.75, 3.05) is 23.9 Å². The van der Waals surface area contributed by atoms with Gasteiger partial charge in [-0.15, -0.1) is 0 Å². The van der Waals surface area contributed by atoms with Gasteiger partial charge in [0, 0.05) is 6.54 Å². The summed E-state index contributed by atoms with van der Waals surface area (Å²) in [5.74, 6) is 2.13. The Balaban J connectivity index is 1.81. The monoisotopic (exact) mass is 261 g/mol. The standard InChI is InChI=1S/C14H19N3S/c1-18-10-6-2-5-9-15-14-11-16-12-7-3-4-8-13(12)17-14/h3-4,7-8,11H,2,5-6,9-10H2,1H3,(H,15,17). The molecule has 3 nitrogen and oxygen atoms in total. The highest BCUT2D eigenvalue weighted by Gasteiger charge is 1.98. The molecular formula is C14H19N3S. The van der Waals surface area contributed by atoms with Gasteiger partial charge in [0.15, 0.2) is 0 Å². The molecular weight excluding hydrogens is 242 g/mol. The van der Waals surface area contributed by atoms with Crippen LogP contribution in [0, 0.1) is 0 Å². The number of benzene rings is 1. The number of anilines is 1. The summed E-state index contributed by atoms with van der Waals surface area (Å²) >= 11 is 1.91. The van der Waals surface area contributed by atoms with Gasteiger partial charge in [-0.05, 0) is 37.0 Å². The van der Waals surface area contributed by atoms with E-state index in [9.17, 15) is 0 Å². The molecule has 96 valence electrons. The number of thioether (sulfide) groups is 1. The Morgan fingerprint density at radius 3 is 2.78 bits per heavy atom. The Morgan fingerprint density at radius 2 is 1.94 bits per heavy atom. The van der Waals surface area contributed by atoms with Crippen molar-refractivity contribution in [3.8, 4) is 0 Å². The molecule has 1 heterocycles. The van der Waals surface area contributed by atoms with E-state index in [2.05, 4.69) is 21.5 Å². The summed E-state index contributed by atoms with van der Waals surface area (Å²) in [6.07, 6.45) is 7.73. The van der Waals surface area contributed by atoms with Crippen LogP contribution in [-0.4, -0.2) is 28.5 Å². The smallest absolute Gasteiger partial charge is 0.145 e. The molecule has 0 fully saturated rings. The van der Waals surface area contributed by atoms with Gasteiger partial charge in [-0.1, -0.05) is 18.6 Å². The first kappa shape index (κ1) is 13.1. The van der Waals surface area contributed by atoms with E-state index < -0.39 is 0 Å². The van der Waals surface area contributed by atoms with E-state index in [1.807, 2.05) is 42.2 Å². The van der Waals surface area contributed by atoms with Crippen LogP contribution in [0.15, 0.2) is 30.5 Å². The molecule has 0 saturated heterocycles. The molecule has 0 bridgehead atoms. The van der Waals surface area contributed by atoms with E-state index in [0.717, 1.165) is 23.4 Å². The van der Waals surface area contributed by atoms with Crippen molar-refractivity contribution in [1.29, 1.82) is 0 Å². The van der Waals surface area contributed by atoms with Gasteiger partial charge in [0.1, 0.15) is 5.82 Å². The Morgan fingerprint density at radius 1 is 1.11 bits per heavy atom. The summed E-state index contributed by atoms with van der Waals surface area (Å²) in [7, 11) is 0. The molecule has 18 heavy (non-hydrogen) atoms. The minimum absolute atomic E-state index is 0.874. The topological polar surface area (TPSA) is 37.8 Å². The maximum Gasteiger partial charge on any atom is 0.145 e. The van der Waals surface area contributed by atoms with Crippen LogP contribution in [0.5, 0.6) is 0 Å². The van der Waals surface area contributed by atoms with Crippen LogP contribution in [0.25, 0.3) is 11.0 Å². The SMILES string of the molecule is CSCCCCCNc1cnc2ccccc2n1. The lowest BCUT2D eigenvalue weighted by molar-refractivity contribution is 0.748. The van der Waals surface area contributed by atoms with Crippen LogP contribution in [-0.2, 0) is 0 Å². The fourth-order valence-electron chi connectivity index (χ4n) is 1.81. The van der Waals surface area contributed by atoms with Crippen LogP contribution >= 0.6 is 11.8 Å². The highest BCUT2D eigenvalue weighted by atomic mass is 32.2. The molecule has 4 heteroatoms. The molecule has 0 aliphatic rings. The van der Waals surface area contributed by atoms with Crippen molar-refractivity contribution >= 4 is 28.6 Å². The van der Waals surface area contributed by atoms with Gasteiger partial charge in [-0.2, -0.15) is 11.8 Å². The van der Waals surface area contributed by atoms with Gasteiger partial charge in [-0.25, -0.2) is 4.98 Å². The van der Waals surface area contributed by atoms with Gasteiger partial charge in [-0.3, -0.25) is 4.98 Å². The van der Waals surface area contributed by atoms with Crippen molar-refractivity contribution in [3.63, 3.8) is 0 Å². The number of hydrogen-bond acceptors (Lipinski definition) is 4. The Hall–Kier alpha value is -1.29. The van der Waals surface area contributed by atoms with Crippen LogP contribution in [0.1, 0.15) is 19.3 Å². The summed E-state index contributed by atoms with van der Waals surface area (Å²) in [5.41, 5.74) is 1.90. The quantitative estimate of drug-likeness (QED) is 0.773.